The molecule has 0 unspecified atom stereocenters. The molecule has 0 bridgehead atoms. The molecular weight excluding hydrogens is 394 g/mol. The van der Waals surface area contributed by atoms with Gasteiger partial charge in [0.15, 0.2) is 0 Å². The minimum Gasteiger partial charge on any atom is -0.351 e. The summed E-state index contributed by atoms with van der Waals surface area (Å²) in [6.07, 6.45) is 0. The Hall–Kier alpha value is -1.88. The van der Waals surface area contributed by atoms with Crippen molar-refractivity contribution in [3.63, 3.8) is 0 Å². The molecule has 0 atom stereocenters. The maximum atomic E-state index is 12.6. The van der Waals surface area contributed by atoms with E-state index in [0.29, 0.717) is 6.54 Å². The van der Waals surface area contributed by atoms with E-state index in [1.807, 2.05) is 66.7 Å². The molecule has 1 N–H and O–H groups in total. The molecule has 138 valence electrons. The molecule has 3 aromatic rings. The van der Waals surface area contributed by atoms with Crippen LogP contribution in [0.25, 0.3) is 0 Å². The molecule has 0 fully saturated rings. The van der Waals surface area contributed by atoms with Crippen molar-refractivity contribution in [2.45, 2.75) is 15.5 Å². The summed E-state index contributed by atoms with van der Waals surface area (Å²) in [6, 6.07) is 25.8. The lowest BCUT2D eigenvalue weighted by atomic mass is 10.2. The van der Waals surface area contributed by atoms with Gasteiger partial charge < -0.3 is 5.32 Å². The Morgan fingerprint density at radius 3 is 2.33 bits per heavy atom. The number of benzene rings is 3. The molecule has 27 heavy (non-hydrogen) atoms. The Labute approximate surface area is 173 Å². The summed E-state index contributed by atoms with van der Waals surface area (Å²) in [4.78, 5) is 14.7. The summed E-state index contributed by atoms with van der Waals surface area (Å²) in [5, 5.41) is 3.75. The molecule has 0 aliphatic rings. The lowest BCUT2D eigenvalue weighted by molar-refractivity contribution is 0.0953. The predicted octanol–water partition coefficient (Wildman–Crippen LogP) is 6.15. The van der Waals surface area contributed by atoms with E-state index in [9.17, 15) is 4.79 Å². The number of nitrogens with one attached hydrogen (secondary N) is 1. The van der Waals surface area contributed by atoms with Crippen LogP contribution in [0.3, 0.4) is 0 Å². The fourth-order valence-corrected chi connectivity index (χ4v) is 4.37. The van der Waals surface area contributed by atoms with Gasteiger partial charge in [0.2, 0.25) is 0 Å². The number of carbonyl (C=O) groups is 1. The third kappa shape index (κ3) is 6.35. The zero-order valence-corrected chi connectivity index (χ0v) is 17.1. The van der Waals surface area contributed by atoms with Gasteiger partial charge in [-0.3, -0.25) is 4.79 Å². The minimum absolute atomic E-state index is 0.0251. The molecule has 0 aromatic heterocycles. The van der Waals surface area contributed by atoms with E-state index in [1.54, 1.807) is 23.5 Å². The molecule has 2 nitrogen and oxygen atoms in total. The molecule has 0 aliphatic heterocycles. The zero-order chi connectivity index (χ0) is 18.9. The molecule has 0 saturated carbocycles. The molecule has 3 rings (SSSR count). The van der Waals surface area contributed by atoms with Crippen LogP contribution in [0.15, 0.2) is 88.7 Å². The zero-order valence-electron chi connectivity index (χ0n) is 14.7. The van der Waals surface area contributed by atoms with Gasteiger partial charge in [-0.05, 0) is 42.0 Å². The van der Waals surface area contributed by atoms with Gasteiger partial charge in [-0.25, -0.2) is 0 Å². The third-order valence-electron chi connectivity index (χ3n) is 3.84. The van der Waals surface area contributed by atoms with Crippen LogP contribution in [-0.4, -0.2) is 18.2 Å². The van der Waals surface area contributed by atoms with E-state index in [1.165, 1.54) is 5.56 Å². The Balaban J connectivity index is 1.51. The van der Waals surface area contributed by atoms with Crippen molar-refractivity contribution in [3.8, 4) is 0 Å². The van der Waals surface area contributed by atoms with Gasteiger partial charge >= 0.3 is 0 Å². The van der Waals surface area contributed by atoms with Crippen LogP contribution in [0.4, 0.5) is 0 Å². The molecule has 0 saturated heterocycles. The van der Waals surface area contributed by atoms with Crippen LogP contribution < -0.4 is 5.32 Å². The van der Waals surface area contributed by atoms with Gasteiger partial charge in [0, 0.05) is 32.9 Å². The van der Waals surface area contributed by atoms with Crippen LogP contribution in [0.5, 0.6) is 0 Å². The lowest BCUT2D eigenvalue weighted by Crippen LogP contribution is -2.26. The highest BCUT2D eigenvalue weighted by Gasteiger charge is 2.11. The molecule has 0 radical (unpaired) electrons. The van der Waals surface area contributed by atoms with Crippen LogP contribution in [0, 0.1) is 0 Å². The van der Waals surface area contributed by atoms with Crippen molar-refractivity contribution < 1.29 is 4.79 Å². The van der Waals surface area contributed by atoms with Crippen molar-refractivity contribution in [3.05, 3.63) is 95.0 Å². The van der Waals surface area contributed by atoms with E-state index in [-0.39, 0.29) is 5.91 Å². The molecule has 0 heterocycles. The first kappa shape index (κ1) is 19.9. The minimum atomic E-state index is -0.0251. The second-order valence-electron chi connectivity index (χ2n) is 5.83. The number of thioether (sulfide) groups is 2. The maximum absolute atomic E-state index is 12.6. The second kappa shape index (κ2) is 10.5. The number of amides is 1. The Bertz CT molecular complexity index is 869. The number of carbonyl (C=O) groups excluding carboxylic acids is 1. The largest absolute Gasteiger partial charge is 0.351 e. The van der Waals surface area contributed by atoms with Gasteiger partial charge in [0.25, 0.3) is 5.91 Å². The highest BCUT2D eigenvalue weighted by atomic mass is 35.5. The fourth-order valence-electron chi connectivity index (χ4n) is 2.47. The standard InChI is InChI=1S/C22H20ClNOS2/c23-18-10-12-19(13-11-18)26-15-14-24-22(25)20-8-4-5-9-21(20)27-16-17-6-2-1-3-7-17/h1-13H,14-16H2,(H,24,25). The smallest absolute Gasteiger partial charge is 0.252 e. The van der Waals surface area contributed by atoms with Gasteiger partial charge in [-0.1, -0.05) is 54.1 Å². The topological polar surface area (TPSA) is 29.1 Å². The average molecular weight is 414 g/mol. The Morgan fingerprint density at radius 1 is 0.852 bits per heavy atom. The van der Waals surface area contributed by atoms with Crippen LogP contribution in [0.1, 0.15) is 15.9 Å². The Kier molecular flexibility index (Phi) is 7.69. The van der Waals surface area contributed by atoms with Crippen LogP contribution in [0.2, 0.25) is 5.02 Å². The number of hydrogen-bond acceptors (Lipinski definition) is 3. The summed E-state index contributed by atoms with van der Waals surface area (Å²) < 4.78 is 0. The summed E-state index contributed by atoms with van der Waals surface area (Å²) in [5.41, 5.74) is 1.98. The fraction of sp³-hybridized carbons (Fsp3) is 0.136. The molecular formula is C22H20ClNOS2. The lowest BCUT2D eigenvalue weighted by Gasteiger charge is -2.10. The number of hydrogen-bond donors (Lipinski definition) is 1. The predicted molar refractivity (Wildman–Crippen MR) is 117 cm³/mol. The average Bonchev–Trinajstić information content (AvgIpc) is 2.72. The Morgan fingerprint density at radius 2 is 1.56 bits per heavy atom. The van der Waals surface area contributed by atoms with Gasteiger partial charge in [-0.15, -0.1) is 23.5 Å². The van der Waals surface area contributed by atoms with Crippen LogP contribution in [-0.2, 0) is 5.75 Å². The highest BCUT2D eigenvalue weighted by Crippen LogP contribution is 2.26. The first-order chi connectivity index (χ1) is 13.2. The first-order valence-corrected chi connectivity index (χ1v) is 11.0. The van der Waals surface area contributed by atoms with Crippen molar-refractivity contribution in [1.29, 1.82) is 0 Å². The third-order valence-corrected chi connectivity index (χ3v) is 6.25. The SMILES string of the molecule is O=C(NCCSc1ccc(Cl)cc1)c1ccccc1SCc1ccccc1. The van der Waals surface area contributed by atoms with Crippen molar-refractivity contribution in [1.82, 2.24) is 5.32 Å². The summed E-state index contributed by atoms with van der Waals surface area (Å²) in [6.45, 7) is 0.615. The van der Waals surface area contributed by atoms with E-state index >= 15 is 0 Å². The highest BCUT2D eigenvalue weighted by molar-refractivity contribution is 7.99. The van der Waals surface area contributed by atoms with Gasteiger partial charge in [-0.2, -0.15) is 0 Å². The molecule has 3 aromatic carbocycles. The molecule has 0 spiro atoms. The van der Waals surface area contributed by atoms with E-state index in [4.69, 9.17) is 11.6 Å². The van der Waals surface area contributed by atoms with E-state index in [2.05, 4.69) is 17.4 Å². The number of rotatable bonds is 8. The second-order valence-corrected chi connectivity index (χ2v) is 8.45. The summed E-state index contributed by atoms with van der Waals surface area (Å²) in [7, 11) is 0. The maximum Gasteiger partial charge on any atom is 0.252 e. The monoisotopic (exact) mass is 413 g/mol. The molecule has 5 heteroatoms. The van der Waals surface area contributed by atoms with E-state index in [0.717, 1.165) is 31.9 Å². The quantitative estimate of drug-likeness (QED) is 0.354. The molecule has 0 aliphatic carbocycles. The van der Waals surface area contributed by atoms with Crippen LogP contribution >= 0.6 is 35.1 Å². The summed E-state index contributed by atoms with van der Waals surface area (Å²) in [5.74, 6) is 1.63. The first-order valence-electron chi connectivity index (χ1n) is 8.65. The van der Waals surface area contributed by atoms with Crippen molar-refractivity contribution >= 4 is 41.0 Å². The normalized spacial score (nSPS) is 10.6. The van der Waals surface area contributed by atoms with Crippen molar-refractivity contribution in [2.75, 3.05) is 12.3 Å². The number of halogens is 1. The summed E-state index contributed by atoms with van der Waals surface area (Å²) >= 11 is 9.28. The molecule has 1 amide bonds. The van der Waals surface area contributed by atoms with Crippen molar-refractivity contribution in [2.24, 2.45) is 0 Å². The van der Waals surface area contributed by atoms with Gasteiger partial charge in [0.1, 0.15) is 0 Å². The van der Waals surface area contributed by atoms with Gasteiger partial charge in [0.05, 0.1) is 5.56 Å². The van der Waals surface area contributed by atoms with E-state index < -0.39 is 0 Å².